The Bertz CT molecular complexity index is 135. The largest absolute Gasteiger partial charge is 0.302 e. The van der Waals surface area contributed by atoms with Gasteiger partial charge in [0.1, 0.15) is 0 Å². The van der Waals surface area contributed by atoms with Crippen molar-refractivity contribution in [3.8, 4) is 11.8 Å². The smallest absolute Gasteiger partial charge is 0.0216 e. The minimum absolute atomic E-state index is 1.05. The zero-order valence-corrected chi connectivity index (χ0v) is 6.69. The first-order valence-electron chi connectivity index (χ1n) is 4.05. The van der Waals surface area contributed by atoms with Crippen LogP contribution in [0.15, 0.2) is 0 Å². The molecule has 1 fully saturated rings. The highest BCUT2D eigenvalue weighted by molar-refractivity contribution is 4.95. The predicted molar refractivity (Wildman–Crippen MR) is 43.7 cm³/mol. The molecule has 0 atom stereocenters. The maximum Gasteiger partial charge on any atom is 0.0216 e. The fraction of sp³-hybridized carbons (Fsp3) is 0.778. The highest BCUT2D eigenvalue weighted by atomic mass is 15.1. The van der Waals surface area contributed by atoms with Gasteiger partial charge in [0.25, 0.3) is 0 Å². The average Bonchev–Trinajstić information content (AvgIpc) is 2.41. The first-order chi connectivity index (χ1) is 4.93. The van der Waals surface area contributed by atoms with Crippen LogP contribution in [0.25, 0.3) is 0 Å². The van der Waals surface area contributed by atoms with Gasteiger partial charge in [-0.15, -0.1) is 11.8 Å². The van der Waals surface area contributed by atoms with Crippen molar-refractivity contribution in [2.24, 2.45) is 0 Å². The van der Waals surface area contributed by atoms with Crippen molar-refractivity contribution < 1.29 is 0 Å². The van der Waals surface area contributed by atoms with Crippen molar-refractivity contribution in [2.45, 2.75) is 26.2 Å². The van der Waals surface area contributed by atoms with Crippen LogP contribution in [-0.2, 0) is 0 Å². The molecule has 0 aromatic heterocycles. The van der Waals surface area contributed by atoms with E-state index in [-0.39, 0.29) is 0 Å². The van der Waals surface area contributed by atoms with Crippen LogP contribution in [0.2, 0.25) is 0 Å². The third kappa shape index (κ3) is 2.41. The lowest BCUT2D eigenvalue weighted by molar-refractivity contribution is 0.348. The molecule has 1 heteroatoms. The van der Waals surface area contributed by atoms with E-state index in [1.807, 2.05) is 6.92 Å². The van der Waals surface area contributed by atoms with Crippen LogP contribution >= 0.6 is 0 Å². The van der Waals surface area contributed by atoms with Crippen LogP contribution in [0.1, 0.15) is 26.2 Å². The van der Waals surface area contributed by atoms with Crippen molar-refractivity contribution in [3.63, 3.8) is 0 Å². The summed E-state index contributed by atoms with van der Waals surface area (Å²) in [6, 6.07) is 0. The molecule has 0 saturated carbocycles. The van der Waals surface area contributed by atoms with Crippen LogP contribution < -0.4 is 0 Å². The molecule has 1 rings (SSSR count). The molecule has 0 radical (unpaired) electrons. The molecule has 0 unspecified atom stereocenters. The summed E-state index contributed by atoms with van der Waals surface area (Å²) in [6.45, 7) is 5.68. The van der Waals surface area contributed by atoms with Gasteiger partial charge in [-0.25, -0.2) is 0 Å². The Hall–Kier alpha value is -0.480. The molecule has 10 heavy (non-hydrogen) atoms. The van der Waals surface area contributed by atoms with Crippen LogP contribution in [0, 0.1) is 11.8 Å². The lowest BCUT2D eigenvalue weighted by Gasteiger charge is -2.10. The number of rotatable bonds is 2. The van der Waals surface area contributed by atoms with Gasteiger partial charge in [-0.1, -0.05) is 0 Å². The van der Waals surface area contributed by atoms with E-state index in [1.165, 1.54) is 32.5 Å². The second kappa shape index (κ2) is 4.35. The van der Waals surface area contributed by atoms with Crippen LogP contribution in [0.5, 0.6) is 0 Å². The molecule has 1 aliphatic heterocycles. The summed E-state index contributed by atoms with van der Waals surface area (Å²) in [7, 11) is 0. The predicted octanol–water partition coefficient (Wildman–Crippen LogP) is 1.50. The van der Waals surface area contributed by atoms with Gasteiger partial charge in [-0.2, -0.15) is 0 Å². The number of likely N-dealkylation sites (tertiary alicyclic amines) is 1. The fourth-order valence-electron chi connectivity index (χ4n) is 1.35. The first kappa shape index (κ1) is 7.63. The summed E-state index contributed by atoms with van der Waals surface area (Å²) >= 11 is 0. The second-order valence-corrected chi connectivity index (χ2v) is 2.73. The van der Waals surface area contributed by atoms with Gasteiger partial charge < -0.3 is 4.90 Å². The molecule has 0 bridgehead atoms. The fourth-order valence-corrected chi connectivity index (χ4v) is 1.35. The van der Waals surface area contributed by atoms with E-state index < -0.39 is 0 Å². The highest BCUT2D eigenvalue weighted by Gasteiger charge is 2.08. The molecule has 56 valence electrons. The molecule has 1 nitrogen and oxygen atoms in total. The van der Waals surface area contributed by atoms with Crippen molar-refractivity contribution in [3.05, 3.63) is 0 Å². The van der Waals surface area contributed by atoms with Crippen molar-refractivity contribution in [1.82, 2.24) is 4.90 Å². The Kier molecular flexibility index (Phi) is 3.32. The molecule has 0 spiro atoms. The Morgan fingerprint density at radius 1 is 1.30 bits per heavy atom. The van der Waals surface area contributed by atoms with E-state index in [9.17, 15) is 0 Å². The van der Waals surface area contributed by atoms with Gasteiger partial charge in [0.05, 0.1) is 0 Å². The Morgan fingerprint density at radius 3 is 2.60 bits per heavy atom. The third-order valence-corrected chi connectivity index (χ3v) is 1.93. The highest BCUT2D eigenvalue weighted by Crippen LogP contribution is 2.06. The molecule has 0 amide bonds. The SMILES string of the molecule is CC#CCCN1CCCC1. The van der Waals surface area contributed by atoms with Gasteiger partial charge in [0.2, 0.25) is 0 Å². The van der Waals surface area contributed by atoms with Crippen molar-refractivity contribution >= 4 is 0 Å². The van der Waals surface area contributed by atoms with Crippen molar-refractivity contribution in [2.75, 3.05) is 19.6 Å². The van der Waals surface area contributed by atoms with Crippen LogP contribution in [-0.4, -0.2) is 24.5 Å². The normalized spacial score (nSPS) is 18.5. The third-order valence-electron chi connectivity index (χ3n) is 1.93. The van der Waals surface area contributed by atoms with E-state index in [0.29, 0.717) is 0 Å². The maximum atomic E-state index is 3.08. The number of nitrogens with zero attached hydrogens (tertiary/aromatic N) is 1. The summed E-state index contributed by atoms with van der Waals surface area (Å²) in [4.78, 5) is 2.49. The molecular weight excluding hydrogens is 122 g/mol. The minimum atomic E-state index is 1.05. The number of hydrogen-bond donors (Lipinski definition) is 0. The molecular formula is C9H15N. The molecule has 0 N–H and O–H groups in total. The van der Waals surface area contributed by atoms with E-state index in [4.69, 9.17) is 0 Å². The molecule has 0 aliphatic carbocycles. The van der Waals surface area contributed by atoms with Crippen LogP contribution in [0.4, 0.5) is 0 Å². The first-order valence-corrected chi connectivity index (χ1v) is 4.05. The lowest BCUT2D eigenvalue weighted by Crippen LogP contribution is -2.19. The standard InChI is InChI=1S/C9H15N/c1-2-3-4-7-10-8-5-6-9-10/h4-9H2,1H3. The zero-order chi connectivity index (χ0) is 7.23. The minimum Gasteiger partial charge on any atom is -0.302 e. The van der Waals surface area contributed by atoms with Gasteiger partial charge in [0, 0.05) is 13.0 Å². The summed E-state index contributed by atoms with van der Waals surface area (Å²) in [5.74, 6) is 6.00. The summed E-state index contributed by atoms with van der Waals surface area (Å²) in [6.07, 6.45) is 3.83. The second-order valence-electron chi connectivity index (χ2n) is 2.73. The van der Waals surface area contributed by atoms with Gasteiger partial charge in [-0.05, 0) is 32.9 Å². The number of hydrogen-bond acceptors (Lipinski definition) is 1. The average molecular weight is 137 g/mol. The van der Waals surface area contributed by atoms with Gasteiger partial charge in [0.15, 0.2) is 0 Å². The topological polar surface area (TPSA) is 3.24 Å². The Labute approximate surface area is 63.4 Å². The molecule has 0 aromatic carbocycles. The lowest BCUT2D eigenvalue weighted by atomic mass is 10.4. The van der Waals surface area contributed by atoms with E-state index in [0.717, 1.165) is 6.42 Å². The van der Waals surface area contributed by atoms with E-state index in [1.54, 1.807) is 0 Å². The molecule has 1 heterocycles. The molecule has 0 aromatic rings. The molecule has 1 aliphatic rings. The summed E-state index contributed by atoms with van der Waals surface area (Å²) < 4.78 is 0. The van der Waals surface area contributed by atoms with E-state index >= 15 is 0 Å². The monoisotopic (exact) mass is 137 g/mol. The Balaban J connectivity index is 2.05. The van der Waals surface area contributed by atoms with Gasteiger partial charge in [-0.3, -0.25) is 0 Å². The van der Waals surface area contributed by atoms with E-state index in [2.05, 4.69) is 16.7 Å². The summed E-state index contributed by atoms with van der Waals surface area (Å²) in [5, 5.41) is 0. The van der Waals surface area contributed by atoms with Crippen molar-refractivity contribution in [1.29, 1.82) is 0 Å². The quantitative estimate of drug-likeness (QED) is 0.521. The van der Waals surface area contributed by atoms with Crippen LogP contribution in [0.3, 0.4) is 0 Å². The zero-order valence-electron chi connectivity index (χ0n) is 6.69. The van der Waals surface area contributed by atoms with Gasteiger partial charge >= 0.3 is 0 Å². The maximum absolute atomic E-state index is 3.08. The Morgan fingerprint density at radius 2 is 2.00 bits per heavy atom. The molecule has 1 saturated heterocycles. The summed E-state index contributed by atoms with van der Waals surface area (Å²) in [5.41, 5.74) is 0.